The number of hydrogen-bond donors (Lipinski definition) is 3. The molecule has 0 heterocycles. The van der Waals surface area contributed by atoms with Crippen LogP contribution in [0.1, 0.15) is 43.6 Å². The summed E-state index contributed by atoms with van der Waals surface area (Å²) in [7, 11) is 0. The minimum Gasteiger partial charge on any atom is -0.444 e. The smallest absolute Gasteiger partial charge is 0.416 e. The fraction of sp³-hybridized carbons (Fsp3) is 0.562. The molecular weight excluding hydrogens is 327 g/mol. The molecule has 1 amide bonds. The van der Waals surface area contributed by atoms with Crippen molar-refractivity contribution in [3.63, 3.8) is 0 Å². The van der Waals surface area contributed by atoms with Crippen molar-refractivity contribution in [3.05, 3.63) is 34.9 Å². The van der Waals surface area contributed by atoms with Gasteiger partial charge in [-0.2, -0.15) is 13.2 Å². The molecule has 0 aliphatic rings. The van der Waals surface area contributed by atoms with Crippen molar-refractivity contribution in [2.24, 2.45) is 0 Å². The van der Waals surface area contributed by atoms with Crippen LogP contribution in [0.15, 0.2) is 18.2 Å². The molecule has 0 aliphatic heterocycles. The third-order valence-corrected chi connectivity index (χ3v) is 3.13. The molecule has 0 aliphatic carbocycles. The molecule has 136 valence electrons. The van der Waals surface area contributed by atoms with Crippen molar-refractivity contribution in [3.8, 4) is 0 Å². The van der Waals surface area contributed by atoms with E-state index in [1.807, 2.05) is 0 Å². The molecule has 0 saturated heterocycles. The number of nitrogens with one attached hydrogen (secondary N) is 1. The van der Waals surface area contributed by atoms with Crippen LogP contribution in [0.25, 0.3) is 0 Å². The maximum absolute atomic E-state index is 12.6. The standard InChI is InChI=1S/C16H22F3NO4/c1-9-7-10(16(17,18)19)5-6-11(9)13(22)12(21)8-20-14(23)24-15(2,3)4/h5-7,12-13,21-22H,8H2,1-4H3,(H,20,23). The Kier molecular flexibility index (Phi) is 6.24. The number of aliphatic hydroxyl groups excluding tert-OH is 2. The summed E-state index contributed by atoms with van der Waals surface area (Å²) in [5, 5.41) is 22.3. The molecule has 1 aromatic carbocycles. The van der Waals surface area contributed by atoms with Gasteiger partial charge in [0.25, 0.3) is 0 Å². The van der Waals surface area contributed by atoms with E-state index < -0.39 is 35.6 Å². The van der Waals surface area contributed by atoms with Crippen molar-refractivity contribution in [1.82, 2.24) is 5.32 Å². The Bertz CT molecular complexity index is 582. The summed E-state index contributed by atoms with van der Waals surface area (Å²) in [4.78, 5) is 11.5. The van der Waals surface area contributed by atoms with E-state index in [1.54, 1.807) is 20.8 Å². The number of halogens is 3. The lowest BCUT2D eigenvalue weighted by molar-refractivity contribution is -0.137. The normalized spacial score (nSPS) is 14.9. The number of aryl methyl sites for hydroxylation is 1. The van der Waals surface area contributed by atoms with Crippen molar-refractivity contribution in [1.29, 1.82) is 0 Å². The van der Waals surface area contributed by atoms with Gasteiger partial charge in [0.15, 0.2) is 0 Å². The summed E-state index contributed by atoms with van der Waals surface area (Å²) < 4.78 is 42.9. The van der Waals surface area contributed by atoms with Gasteiger partial charge in [-0.3, -0.25) is 0 Å². The molecule has 2 atom stereocenters. The molecule has 0 aromatic heterocycles. The van der Waals surface area contributed by atoms with Crippen LogP contribution in [0.2, 0.25) is 0 Å². The summed E-state index contributed by atoms with van der Waals surface area (Å²) in [5.41, 5.74) is -1.20. The highest BCUT2D eigenvalue weighted by atomic mass is 19.4. The Morgan fingerprint density at radius 2 is 1.83 bits per heavy atom. The van der Waals surface area contributed by atoms with Gasteiger partial charge in [0.05, 0.1) is 5.56 Å². The summed E-state index contributed by atoms with van der Waals surface area (Å²) >= 11 is 0. The Labute approximate surface area is 138 Å². The number of alkyl halides is 3. The van der Waals surface area contributed by atoms with E-state index in [2.05, 4.69) is 5.32 Å². The van der Waals surface area contributed by atoms with Gasteiger partial charge in [0.2, 0.25) is 0 Å². The van der Waals surface area contributed by atoms with Gasteiger partial charge in [-0.25, -0.2) is 4.79 Å². The molecule has 1 rings (SSSR count). The lowest BCUT2D eigenvalue weighted by Crippen LogP contribution is -2.39. The first-order valence-corrected chi connectivity index (χ1v) is 7.32. The maximum Gasteiger partial charge on any atom is 0.416 e. The lowest BCUT2D eigenvalue weighted by Gasteiger charge is -2.23. The Hall–Kier alpha value is -1.80. The summed E-state index contributed by atoms with van der Waals surface area (Å²) in [6.45, 7) is 6.11. The average molecular weight is 349 g/mol. The van der Waals surface area contributed by atoms with E-state index in [4.69, 9.17) is 4.74 Å². The van der Waals surface area contributed by atoms with Gasteiger partial charge < -0.3 is 20.3 Å². The molecule has 0 bridgehead atoms. The first kappa shape index (κ1) is 20.2. The van der Waals surface area contributed by atoms with Gasteiger partial charge in [-0.15, -0.1) is 0 Å². The Morgan fingerprint density at radius 3 is 2.29 bits per heavy atom. The summed E-state index contributed by atoms with van der Waals surface area (Å²) in [5.74, 6) is 0. The predicted octanol–water partition coefficient (Wildman–Crippen LogP) is 2.93. The fourth-order valence-electron chi connectivity index (χ4n) is 2.00. The molecule has 0 spiro atoms. The Balaban J connectivity index is 2.72. The zero-order chi connectivity index (χ0) is 18.7. The number of alkyl carbamates (subject to hydrolysis) is 1. The van der Waals surface area contributed by atoms with Gasteiger partial charge >= 0.3 is 12.3 Å². The topological polar surface area (TPSA) is 78.8 Å². The molecule has 3 N–H and O–H groups in total. The third kappa shape index (κ3) is 6.01. The highest BCUT2D eigenvalue weighted by molar-refractivity contribution is 5.67. The van der Waals surface area contributed by atoms with E-state index in [0.717, 1.165) is 18.2 Å². The number of aliphatic hydroxyl groups is 2. The third-order valence-electron chi connectivity index (χ3n) is 3.13. The maximum atomic E-state index is 12.6. The Morgan fingerprint density at radius 1 is 1.25 bits per heavy atom. The first-order valence-electron chi connectivity index (χ1n) is 7.32. The highest BCUT2D eigenvalue weighted by Crippen LogP contribution is 2.32. The van der Waals surface area contributed by atoms with Gasteiger partial charge in [-0.1, -0.05) is 6.07 Å². The van der Waals surface area contributed by atoms with Crippen LogP contribution in [0, 0.1) is 6.92 Å². The van der Waals surface area contributed by atoms with Gasteiger partial charge in [-0.05, 0) is 51.0 Å². The molecule has 1 aromatic rings. The number of amides is 1. The number of benzene rings is 1. The van der Waals surface area contributed by atoms with E-state index in [-0.39, 0.29) is 17.7 Å². The van der Waals surface area contributed by atoms with Crippen LogP contribution in [0.5, 0.6) is 0 Å². The zero-order valence-corrected chi connectivity index (χ0v) is 13.9. The second-order valence-corrected chi connectivity index (χ2v) is 6.46. The number of carbonyl (C=O) groups excluding carboxylic acids is 1. The van der Waals surface area contributed by atoms with E-state index >= 15 is 0 Å². The largest absolute Gasteiger partial charge is 0.444 e. The van der Waals surface area contributed by atoms with Crippen molar-refractivity contribution in [2.75, 3.05) is 6.54 Å². The fourth-order valence-corrected chi connectivity index (χ4v) is 2.00. The van der Waals surface area contributed by atoms with Crippen molar-refractivity contribution >= 4 is 6.09 Å². The van der Waals surface area contributed by atoms with Crippen LogP contribution in [-0.4, -0.2) is 34.6 Å². The number of rotatable bonds is 4. The molecule has 2 unspecified atom stereocenters. The quantitative estimate of drug-likeness (QED) is 0.781. The molecule has 0 radical (unpaired) electrons. The molecule has 24 heavy (non-hydrogen) atoms. The monoisotopic (exact) mass is 349 g/mol. The van der Waals surface area contributed by atoms with Crippen LogP contribution < -0.4 is 5.32 Å². The van der Waals surface area contributed by atoms with E-state index in [0.29, 0.717) is 0 Å². The number of carbonyl (C=O) groups is 1. The first-order chi connectivity index (χ1) is 10.8. The molecular formula is C16H22F3NO4. The van der Waals surface area contributed by atoms with Crippen molar-refractivity contribution in [2.45, 2.75) is 51.7 Å². The van der Waals surface area contributed by atoms with Crippen LogP contribution in [-0.2, 0) is 10.9 Å². The van der Waals surface area contributed by atoms with Crippen LogP contribution in [0.4, 0.5) is 18.0 Å². The lowest BCUT2D eigenvalue weighted by atomic mass is 9.97. The number of ether oxygens (including phenoxy) is 1. The minimum absolute atomic E-state index is 0.154. The number of hydrogen-bond acceptors (Lipinski definition) is 4. The van der Waals surface area contributed by atoms with Crippen LogP contribution in [0.3, 0.4) is 0 Å². The minimum atomic E-state index is -4.48. The van der Waals surface area contributed by atoms with Gasteiger partial charge in [0.1, 0.15) is 17.8 Å². The SMILES string of the molecule is Cc1cc(C(F)(F)F)ccc1C(O)C(O)CNC(=O)OC(C)(C)C. The average Bonchev–Trinajstić information content (AvgIpc) is 2.41. The molecule has 8 heteroatoms. The molecule has 5 nitrogen and oxygen atoms in total. The van der Waals surface area contributed by atoms with E-state index in [1.165, 1.54) is 6.92 Å². The van der Waals surface area contributed by atoms with Crippen LogP contribution >= 0.6 is 0 Å². The van der Waals surface area contributed by atoms with E-state index in [9.17, 15) is 28.2 Å². The zero-order valence-electron chi connectivity index (χ0n) is 13.9. The summed E-state index contributed by atoms with van der Waals surface area (Å²) in [6, 6.07) is 2.84. The van der Waals surface area contributed by atoms with Crippen molar-refractivity contribution < 1.29 is 32.9 Å². The molecule has 0 fully saturated rings. The second-order valence-electron chi connectivity index (χ2n) is 6.46. The summed E-state index contributed by atoms with van der Waals surface area (Å²) in [6.07, 6.45) is -8.08. The predicted molar refractivity (Wildman–Crippen MR) is 81.4 cm³/mol. The highest BCUT2D eigenvalue weighted by Gasteiger charge is 2.31. The molecule has 0 saturated carbocycles. The second kappa shape index (κ2) is 7.40. The van der Waals surface area contributed by atoms with Gasteiger partial charge in [0, 0.05) is 6.54 Å².